The highest BCUT2D eigenvalue weighted by Gasteiger charge is 2.16. The van der Waals surface area contributed by atoms with E-state index in [2.05, 4.69) is 23.6 Å². The third-order valence-corrected chi connectivity index (χ3v) is 3.88. The second-order valence-corrected chi connectivity index (χ2v) is 5.46. The van der Waals surface area contributed by atoms with Crippen LogP contribution in [0.5, 0.6) is 5.75 Å². The third kappa shape index (κ3) is 2.80. The molecule has 20 heavy (non-hydrogen) atoms. The van der Waals surface area contributed by atoms with Gasteiger partial charge in [-0.05, 0) is 41.3 Å². The van der Waals surface area contributed by atoms with Gasteiger partial charge in [0.05, 0.1) is 6.61 Å². The fraction of sp³-hybridized carbons (Fsp3) is 0.250. The zero-order valence-corrected chi connectivity index (χ0v) is 11.9. The predicted molar refractivity (Wildman–Crippen MR) is 80.9 cm³/mol. The molecule has 0 aromatic heterocycles. The Morgan fingerprint density at radius 2 is 2.15 bits per heavy atom. The van der Waals surface area contributed by atoms with E-state index in [-0.39, 0.29) is 6.04 Å². The highest BCUT2D eigenvalue weighted by molar-refractivity contribution is 6.30. The molecule has 0 aliphatic carbocycles. The van der Waals surface area contributed by atoms with Crippen LogP contribution in [-0.2, 0) is 12.8 Å². The summed E-state index contributed by atoms with van der Waals surface area (Å²) in [6.07, 6.45) is 1.77. The summed E-state index contributed by atoms with van der Waals surface area (Å²) in [5, 5.41) is 0.751. The van der Waals surface area contributed by atoms with Crippen molar-refractivity contribution in [2.24, 2.45) is 5.84 Å². The second-order valence-electron chi connectivity index (χ2n) is 5.02. The molecule has 4 heteroatoms. The molecule has 0 bridgehead atoms. The van der Waals surface area contributed by atoms with Crippen molar-refractivity contribution in [3.05, 3.63) is 64.2 Å². The molecular formula is C16H17ClN2O. The molecule has 1 aliphatic heterocycles. The number of nitrogens with two attached hydrogens (primary N) is 1. The minimum Gasteiger partial charge on any atom is -0.493 e. The average Bonchev–Trinajstić information content (AvgIpc) is 2.92. The lowest BCUT2D eigenvalue weighted by Crippen LogP contribution is -2.29. The highest BCUT2D eigenvalue weighted by atomic mass is 35.5. The van der Waals surface area contributed by atoms with Crippen LogP contribution in [-0.4, -0.2) is 6.61 Å². The van der Waals surface area contributed by atoms with Crippen molar-refractivity contribution in [1.82, 2.24) is 5.43 Å². The van der Waals surface area contributed by atoms with Crippen LogP contribution in [0, 0.1) is 0 Å². The van der Waals surface area contributed by atoms with Gasteiger partial charge < -0.3 is 4.74 Å². The summed E-state index contributed by atoms with van der Waals surface area (Å²) < 4.78 is 5.53. The fourth-order valence-corrected chi connectivity index (χ4v) is 2.81. The Morgan fingerprint density at radius 3 is 2.95 bits per heavy atom. The molecule has 0 saturated carbocycles. The molecule has 0 fully saturated rings. The SMILES string of the molecule is NNC(Cc1cccc(Cl)c1)c1ccc2c(c1)CCO2. The van der Waals surface area contributed by atoms with Crippen LogP contribution in [0.2, 0.25) is 5.02 Å². The van der Waals surface area contributed by atoms with Crippen molar-refractivity contribution in [3.63, 3.8) is 0 Å². The van der Waals surface area contributed by atoms with E-state index in [1.807, 2.05) is 24.3 Å². The molecule has 0 saturated heterocycles. The molecule has 104 valence electrons. The molecular weight excluding hydrogens is 272 g/mol. The molecule has 0 amide bonds. The van der Waals surface area contributed by atoms with Crippen molar-refractivity contribution in [1.29, 1.82) is 0 Å². The van der Waals surface area contributed by atoms with E-state index >= 15 is 0 Å². The number of hydrogen-bond donors (Lipinski definition) is 2. The lowest BCUT2D eigenvalue weighted by molar-refractivity contribution is 0.356. The Balaban J connectivity index is 1.83. The molecule has 3 N–H and O–H groups in total. The summed E-state index contributed by atoms with van der Waals surface area (Å²) in [5.74, 6) is 6.71. The van der Waals surface area contributed by atoms with Gasteiger partial charge >= 0.3 is 0 Å². The van der Waals surface area contributed by atoms with Crippen LogP contribution in [0.3, 0.4) is 0 Å². The van der Waals surface area contributed by atoms with Gasteiger partial charge in [0.1, 0.15) is 5.75 Å². The maximum atomic E-state index is 6.03. The summed E-state index contributed by atoms with van der Waals surface area (Å²) in [6, 6.07) is 14.2. The molecule has 3 rings (SSSR count). The monoisotopic (exact) mass is 288 g/mol. The summed E-state index contributed by atoms with van der Waals surface area (Å²) >= 11 is 6.03. The Morgan fingerprint density at radius 1 is 1.25 bits per heavy atom. The number of halogens is 1. The number of nitrogens with one attached hydrogen (secondary N) is 1. The maximum Gasteiger partial charge on any atom is 0.122 e. The van der Waals surface area contributed by atoms with Gasteiger partial charge in [-0.15, -0.1) is 0 Å². The standard InChI is InChI=1S/C16H17ClN2O/c17-14-3-1-2-11(8-14)9-15(19-18)12-4-5-16-13(10-12)6-7-20-16/h1-5,8,10,15,19H,6-7,9,18H2. The molecule has 1 aliphatic rings. The van der Waals surface area contributed by atoms with Gasteiger partial charge in [0.2, 0.25) is 0 Å². The van der Waals surface area contributed by atoms with Crippen LogP contribution < -0.4 is 16.0 Å². The number of benzene rings is 2. The molecule has 3 nitrogen and oxygen atoms in total. The van der Waals surface area contributed by atoms with Gasteiger partial charge in [0, 0.05) is 17.5 Å². The van der Waals surface area contributed by atoms with Crippen LogP contribution >= 0.6 is 11.6 Å². The van der Waals surface area contributed by atoms with Gasteiger partial charge in [0.15, 0.2) is 0 Å². The lowest BCUT2D eigenvalue weighted by Gasteiger charge is -2.17. The van der Waals surface area contributed by atoms with Crippen molar-refractivity contribution in [3.8, 4) is 5.75 Å². The minimum atomic E-state index is 0.0689. The summed E-state index contributed by atoms with van der Waals surface area (Å²) in [6.45, 7) is 0.772. The van der Waals surface area contributed by atoms with E-state index in [1.54, 1.807) is 0 Å². The van der Waals surface area contributed by atoms with Crippen molar-refractivity contribution >= 4 is 11.6 Å². The normalized spacial score (nSPS) is 14.7. The molecule has 1 unspecified atom stereocenters. The van der Waals surface area contributed by atoms with Crippen LogP contribution in [0.1, 0.15) is 22.7 Å². The Bertz CT molecular complexity index is 615. The summed E-state index contributed by atoms with van der Waals surface area (Å²) in [7, 11) is 0. The van der Waals surface area contributed by atoms with E-state index in [0.29, 0.717) is 0 Å². The van der Waals surface area contributed by atoms with Gasteiger partial charge in [-0.1, -0.05) is 35.9 Å². The zero-order chi connectivity index (χ0) is 13.9. The average molecular weight is 289 g/mol. The van der Waals surface area contributed by atoms with E-state index in [9.17, 15) is 0 Å². The lowest BCUT2D eigenvalue weighted by atomic mass is 9.97. The largest absolute Gasteiger partial charge is 0.493 e. The number of hydrogen-bond acceptors (Lipinski definition) is 3. The Labute approximate surface area is 123 Å². The molecule has 2 aromatic carbocycles. The number of fused-ring (bicyclic) bond motifs is 1. The van der Waals surface area contributed by atoms with Gasteiger partial charge in [-0.2, -0.15) is 0 Å². The number of ether oxygens (including phenoxy) is 1. The first-order chi connectivity index (χ1) is 9.76. The number of rotatable bonds is 4. The van der Waals surface area contributed by atoms with Crippen molar-refractivity contribution < 1.29 is 4.74 Å². The highest BCUT2D eigenvalue weighted by Crippen LogP contribution is 2.29. The predicted octanol–water partition coefficient (Wildman–Crippen LogP) is 3.02. The van der Waals surface area contributed by atoms with Gasteiger partial charge in [-0.3, -0.25) is 11.3 Å². The first-order valence-corrected chi connectivity index (χ1v) is 7.10. The molecule has 2 aromatic rings. The van der Waals surface area contributed by atoms with Crippen LogP contribution in [0.25, 0.3) is 0 Å². The topological polar surface area (TPSA) is 47.3 Å². The summed E-state index contributed by atoms with van der Waals surface area (Å²) in [4.78, 5) is 0. The first-order valence-electron chi connectivity index (χ1n) is 6.72. The van der Waals surface area contributed by atoms with Crippen LogP contribution in [0.4, 0.5) is 0 Å². The van der Waals surface area contributed by atoms with E-state index in [4.69, 9.17) is 22.2 Å². The fourth-order valence-electron chi connectivity index (χ4n) is 2.60. The van der Waals surface area contributed by atoms with E-state index < -0.39 is 0 Å². The minimum absolute atomic E-state index is 0.0689. The summed E-state index contributed by atoms with van der Waals surface area (Å²) in [5.41, 5.74) is 6.49. The quantitative estimate of drug-likeness (QED) is 0.671. The van der Waals surface area contributed by atoms with Crippen LogP contribution in [0.15, 0.2) is 42.5 Å². The van der Waals surface area contributed by atoms with Gasteiger partial charge in [-0.25, -0.2) is 0 Å². The van der Waals surface area contributed by atoms with Gasteiger partial charge in [0.25, 0.3) is 0 Å². The molecule has 0 radical (unpaired) electrons. The first kappa shape index (κ1) is 13.4. The Kier molecular flexibility index (Phi) is 3.92. The third-order valence-electron chi connectivity index (χ3n) is 3.65. The van der Waals surface area contributed by atoms with Crippen molar-refractivity contribution in [2.45, 2.75) is 18.9 Å². The molecule has 1 atom stereocenters. The Hall–Kier alpha value is -1.55. The second kappa shape index (κ2) is 5.83. The number of hydrazine groups is 1. The van der Waals surface area contributed by atoms with E-state index in [0.717, 1.165) is 35.8 Å². The van der Waals surface area contributed by atoms with Crippen molar-refractivity contribution in [2.75, 3.05) is 6.61 Å². The molecule has 0 spiro atoms. The maximum absolute atomic E-state index is 6.03. The smallest absolute Gasteiger partial charge is 0.122 e. The zero-order valence-electron chi connectivity index (χ0n) is 11.1. The molecule has 1 heterocycles. The van der Waals surface area contributed by atoms with E-state index in [1.165, 1.54) is 11.1 Å².